The summed E-state index contributed by atoms with van der Waals surface area (Å²) in [4.78, 5) is 11.5. The molecule has 0 aliphatic heterocycles. The zero-order valence-electron chi connectivity index (χ0n) is 9.13. The van der Waals surface area contributed by atoms with Crippen LogP contribution in [0.2, 0.25) is 0 Å². The quantitative estimate of drug-likeness (QED) is 0.614. The Hall–Kier alpha value is -0.540. The zero-order chi connectivity index (χ0) is 12.0. The van der Waals surface area contributed by atoms with Gasteiger partial charge < -0.3 is 4.74 Å². The summed E-state index contributed by atoms with van der Waals surface area (Å²) in [7, 11) is 1.38. The molecule has 0 fully saturated rings. The van der Waals surface area contributed by atoms with Crippen molar-refractivity contribution in [3.05, 3.63) is 34.9 Å². The number of carbonyl (C=O) groups excluding carboxylic acids is 1. The van der Waals surface area contributed by atoms with Crippen LogP contribution in [0.15, 0.2) is 18.2 Å². The number of rotatable bonds is 5. The van der Waals surface area contributed by atoms with Gasteiger partial charge in [0.2, 0.25) is 0 Å². The molecule has 1 aromatic carbocycles. The Morgan fingerprint density at radius 1 is 1.50 bits per heavy atom. The SMILES string of the molecule is COC(=O)c1cc(CCCBr)ccc1CCl. The lowest BCUT2D eigenvalue weighted by molar-refractivity contribution is 0.0599. The molecule has 0 atom stereocenters. The van der Waals surface area contributed by atoms with E-state index in [1.807, 2.05) is 18.2 Å². The second-order valence-electron chi connectivity index (χ2n) is 3.41. The molecule has 0 heterocycles. The number of methoxy groups -OCH3 is 1. The minimum Gasteiger partial charge on any atom is -0.465 e. The lowest BCUT2D eigenvalue weighted by atomic mass is 10.0. The van der Waals surface area contributed by atoms with Gasteiger partial charge in [0.05, 0.1) is 12.7 Å². The molecular weight excluding hydrogens is 291 g/mol. The summed E-state index contributed by atoms with van der Waals surface area (Å²) in [6.07, 6.45) is 1.98. The number of esters is 1. The normalized spacial score (nSPS) is 10.2. The van der Waals surface area contributed by atoms with E-state index in [9.17, 15) is 4.79 Å². The molecule has 4 heteroatoms. The fraction of sp³-hybridized carbons (Fsp3) is 0.417. The van der Waals surface area contributed by atoms with Gasteiger partial charge in [0.15, 0.2) is 0 Å². The van der Waals surface area contributed by atoms with Crippen LogP contribution >= 0.6 is 27.5 Å². The van der Waals surface area contributed by atoms with Gasteiger partial charge in [0, 0.05) is 11.2 Å². The van der Waals surface area contributed by atoms with Crippen molar-refractivity contribution in [1.29, 1.82) is 0 Å². The molecular formula is C12H14BrClO2. The van der Waals surface area contributed by atoms with Crippen molar-refractivity contribution in [2.45, 2.75) is 18.7 Å². The van der Waals surface area contributed by atoms with Crippen LogP contribution in [0.4, 0.5) is 0 Å². The molecule has 0 amide bonds. The summed E-state index contributed by atoms with van der Waals surface area (Å²) in [6.45, 7) is 0. The fourth-order valence-electron chi connectivity index (χ4n) is 1.47. The Balaban J connectivity index is 2.96. The molecule has 0 N–H and O–H groups in total. The maximum Gasteiger partial charge on any atom is 0.338 e. The Morgan fingerprint density at radius 3 is 2.81 bits per heavy atom. The van der Waals surface area contributed by atoms with Gasteiger partial charge in [-0.15, -0.1) is 11.6 Å². The Bertz CT molecular complexity index is 366. The van der Waals surface area contributed by atoms with Gasteiger partial charge in [0.1, 0.15) is 0 Å². The van der Waals surface area contributed by atoms with Crippen molar-refractivity contribution in [3.8, 4) is 0 Å². The van der Waals surface area contributed by atoms with Gasteiger partial charge in [0.25, 0.3) is 0 Å². The summed E-state index contributed by atoms with van der Waals surface area (Å²) in [6, 6.07) is 5.77. The smallest absolute Gasteiger partial charge is 0.338 e. The van der Waals surface area contributed by atoms with Gasteiger partial charge in [-0.1, -0.05) is 28.1 Å². The second-order valence-corrected chi connectivity index (χ2v) is 4.47. The Kier molecular flexibility index (Phi) is 5.85. The molecule has 0 bridgehead atoms. The number of alkyl halides is 2. The maximum atomic E-state index is 11.5. The lowest BCUT2D eigenvalue weighted by Crippen LogP contribution is -2.06. The molecule has 0 unspecified atom stereocenters. The molecule has 0 aliphatic rings. The average molecular weight is 306 g/mol. The van der Waals surface area contributed by atoms with E-state index in [0.717, 1.165) is 29.3 Å². The Labute approximate surface area is 109 Å². The predicted octanol–water partition coefficient (Wildman–Crippen LogP) is 3.54. The van der Waals surface area contributed by atoms with E-state index in [0.29, 0.717) is 11.4 Å². The van der Waals surface area contributed by atoms with Crippen molar-refractivity contribution in [2.75, 3.05) is 12.4 Å². The third kappa shape index (κ3) is 3.49. The summed E-state index contributed by atoms with van der Waals surface area (Å²) in [5.74, 6) is -0.000254. The number of ether oxygens (including phenoxy) is 1. The van der Waals surface area contributed by atoms with E-state index in [1.54, 1.807) is 0 Å². The highest BCUT2D eigenvalue weighted by atomic mass is 79.9. The van der Waals surface area contributed by atoms with Crippen molar-refractivity contribution in [2.24, 2.45) is 0 Å². The first-order valence-electron chi connectivity index (χ1n) is 5.05. The zero-order valence-corrected chi connectivity index (χ0v) is 11.5. The van der Waals surface area contributed by atoms with E-state index < -0.39 is 0 Å². The number of halogens is 2. The van der Waals surface area contributed by atoms with Crippen LogP contribution in [0.1, 0.15) is 27.9 Å². The van der Waals surface area contributed by atoms with E-state index in [1.165, 1.54) is 7.11 Å². The molecule has 0 aliphatic carbocycles. The number of aryl methyl sites for hydroxylation is 1. The van der Waals surface area contributed by atoms with E-state index in [-0.39, 0.29) is 5.97 Å². The molecule has 88 valence electrons. The number of hydrogen-bond donors (Lipinski definition) is 0. The van der Waals surface area contributed by atoms with Gasteiger partial charge in [-0.3, -0.25) is 0 Å². The maximum absolute atomic E-state index is 11.5. The van der Waals surface area contributed by atoms with Crippen LogP contribution < -0.4 is 0 Å². The van der Waals surface area contributed by atoms with E-state index in [2.05, 4.69) is 15.9 Å². The molecule has 0 radical (unpaired) electrons. The summed E-state index contributed by atoms with van der Waals surface area (Å²) in [5.41, 5.74) is 2.52. The van der Waals surface area contributed by atoms with Crippen LogP contribution in [0.3, 0.4) is 0 Å². The lowest BCUT2D eigenvalue weighted by Gasteiger charge is -2.07. The third-order valence-electron chi connectivity index (χ3n) is 2.32. The van der Waals surface area contributed by atoms with E-state index >= 15 is 0 Å². The van der Waals surface area contributed by atoms with Crippen LogP contribution in [0, 0.1) is 0 Å². The number of hydrogen-bond acceptors (Lipinski definition) is 2. The first-order valence-corrected chi connectivity index (χ1v) is 6.70. The molecule has 0 saturated carbocycles. The first kappa shape index (κ1) is 13.5. The fourth-order valence-corrected chi connectivity index (χ4v) is 1.98. The van der Waals surface area contributed by atoms with Crippen LogP contribution in [-0.4, -0.2) is 18.4 Å². The van der Waals surface area contributed by atoms with E-state index in [4.69, 9.17) is 16.3 Å². The minimum atomic E-state index is -0.323. The van der Waals surface area contributed by atoms with Gasteiger partial charge in [-0.05, 0) is 30.0 Å². The summed E-state index contributed by atoms with van der Waals surface area (Å²) in [5, 5.41) is 0.956. The van der Waals surface area contributed by atoms with Crippen molar-refractivity contribution >= 4 is 33.5 Å². The standard InChI is InChI=1S/C12H14BrClO2/c1-16-12(15)11-7-9(3-2-6-13)4-5-10(11)8-14/h4-5,7H,2-3,6,8H2,1H3. The highest BCUT2D eigenvalue weighted by Crippen LogP contribution is 2.17. The molecule has 1 aromatic rings. The number of benzene rings is 1. The molecule has 16 heavy (non-hydrogen) atoms. The topological polar surface area (TPSA) is 26.3 Å². The largest absolute Gasteiger partial charge is 0.465 e. The highest BCUT2D eigenvalue weighted by Gasteiger charge is 2.11. The molecule has 0 saturated heterocycles. The molecule has 0 spiro atoms. The molecule has 2 nitrogen and oxygen atoms in total. The molecule has 1 rings (SSSR count). The summed E-state index contributed by atoms with van der Waals surface area (Å²) >= 11 is 9.16. The number of carbonyl (C=O) groups is 1. The van der Waals surface area contributed by atoms with Crippen molar-refractivity contribution in [3.63, 3.8) is 0 Å². The average Bonchev–Trinajstić information content (AvgIpc) is 2.35. The predicted molar refractivity (Wildman–Crippen MR) is 69.5 cm³/mol. The van der Waals surface area contributed by atoms with Gasteiger partial charge >= 0.3 is 5.97 Å². The highest BCUT2D eigenvalue weighted by molar-refractivity contribution is 9.09. The summed E-state index contributed by atoms with van der Waals surface area (Å²) < 4.78 is 4.73. The minimum absolute atomic E-state index is 0.323. The monoisotopic (exact) mass is 304 g/mol. The van der Waals surface area contributed by atoms with Gasteiger partial charge in [-0.2, -0.15) is 0 Å². The van der Waals surface area contributed by atoms with Gasteiger partial charge in [-0.25, -0.2) is 4.79 Å². The van der Waals surface area contributed by atoms with Crippen molar-refractivity contribution in [1.82, 2.24) is 0 Å². The second kappa shape index (κ2) is 6.92. The van der Waals surface area contributed by atoms with Crippen LogP contribution in [-0.2, 0) is 17.0 Å². The van der Waals surface area contributed by atoms with Crippen LogP contribution in [0.5, 0.6) is 0 Å². The third-order valence-corrected chi connectivity index (χ3v) is 3.17. The van der Waals surface area contributed by atoms with Crippen molar-refractivity contribution < 1.29 is 9.53 Å². The Morgan fingerprint density at radius 2 is 2.25 bits per heavy atom. The molecule has 0 aromatic heterocycles. The first-order chi connectivity index (χ1) is 7.72. The van der Waals surface area contributed by atoms with Crippen LogP contribution in [0.25, 0.3) is 0 Å².